The Kier molecular flexibility index (Phi) is 4.17. The van der Waals surface area contributed by atoms with Crippen molar-refractivity contribution >= 4 is 5.97 Å². The monoisotopic (exact) mass is 348 g/mol. The quantitative estimate of drug-likeness (QED) is 0.642. The second-order valence-corrected chi connectivity index (χ2v) is 6.19. The Bertz CT molecular complexity index is 935. The number of carbonyl (C=O) groups excluding carboxylic acids is 1. The van der Waals surface area contributed by atoms with Crippen molar-refractivity contribution in [2.75, 3.05) is 7.11 Å². The summed E-state index contributed by atoms with van der Waals surface area (Å²) >= 11 is 0. The van der Waals surface area contributed by atoms with Gasteiger partial charge in [-0.2, -0.15) is 0 Å². The lowest BCUT2D eigenvalue weighted by Gasteiger charge is -2.15. The van der Waals surface area contributed by atoms with Crippen LogP contribution < -0.4 is 4.74 Å². The maximum absolute atomic E-state index is 13.8. The molecule has 0 heterocycles. The van der Waals surface area contributed by atoms with Crippen LogP contribution in [-0.4, -0.2) is 13.1 Å². The van der Waals surface area contributed by atoms with Gasteiger partial charge < -0.3 is 9.47 Å². The van der Waals surface area contributed by atoms with Gasteiger partial charge in [0.1, 0.15) is 0 Å². The van der Waals surface area contributed by atoms with Gasteiger partial charge in [-0.15, -0.1) is 0 Å². The van der Waals surface area contributed by atoms with Crippen LogP contribution in [0, 0.1) is 5.82 Å². The SMILES string of the molecule is COc1ccc(CC(=O)OC2c3ccccc3-c3ccccc32)cc1F. The molecule has 0 unspecified atom stereocenters. The first-order valence-corrected chi connectivity index (χ1v) is 8.37. The first kappa shape index (κ1) is 16.3. The van der Waals surface area contributed by atoms with Crippen molar-refractivity contribution in [3.05, 3.63) is 89.2 Å². The Labute approximate surface area is 151 Å². The minimum atomic E-state index is -0.491. The summed E-state index contributed by atoms with van der Waals surface area (Å²) in [5.41, 5.74) is 4.66. The van der Waals surface area contributed by atoms with E-state index >= 15 is 0 Å². The maximum atomic E-state index is 13.8. The summed E-state index contributed by atoms with van der Waals surface area (Å²) in [6, 6.07) is 20.3. The van der Waals surface area contributed by atoms with E-state index in [-0.39, 0.29) is 12.2 Å². The zero-order valence-electron chi connectivity index (χ0n) is 14.2. The first-order chi connectivity index (χ1) is 12.7. The van der Waals surface area contributed by atoms with E-state index in [2.05, 4.69) is 0 Å². The first-order valence-electron chi connectivity index (χ1n) is 8.37. The molecule has 4 rings (SSSR count). The molecule has 0 aliphatic heterocycles. The number of ether oxygens (including phenoxy) is 2. The Hall–Kier alpha value is -3.14. The average Bonchev–Trinajstić information content (AvgIpc) is 2.96. The highest BCUT2D eigenvalue weighted by molar-refractivity contribution is 5.80. The molecular weight excluding hydrogens is 331 g/mol. The molecule has 3 nitrogen and oxygen atoms in total. The van der Waals surface area contributed by atoms with Gasteiger partial charge in [0.05, 0.1) is 13.5 Å². The van der Waals surface area contributed by atoms with Crippen molar-refractivity contribution in [3.63, 3.8) is 0 Å². The van der Waals surface area contributed by atoms with Crippen molar-refractivity contribution in [1.29, 1.82) is 0 Å². The standard InChI is InChI=1S/C22H17FO3/c1-25-20-11-10-14(12-19(20)23)13-21(24)26-22-17-8-4-2-6-15(17)16-7-3-5-9-18(16)22/h2-12,22H,13H2,1H3. The molecule has 0 saturated carbocycles. The highest BCUT2D eigenvalue weighted by Crippen LogP contribution is 2.45. The van der Waals surface area contributed by atoms with Gasteiger partial charge in [0.2, 0.25) is 0 Å². The zero-order valence-corrected chi connectivity index (χ0v) is 14.2. The summed E-state index contributed by atoms with van der Waals surface area (Å²) in [6.07, 6.45) is -0.431. The summed E-state index contributed by atoms with van der Waals surface area (Å²) in [5.74, 6) is -0.735. The van der Waals surface area contributed by atoms with Crippen LogP contribution in [0.4, 0.5) is 4.39 Å². The van der Waals surface area contributed by atoms with Crippen molar-refractivity contribution in [2.24, 2.45) is 0 Å². The van der Waals surface area contributed by atoms with Crippen LogP contribution in [0.2, 0.25) is 0 Å². The molecule has 1 aliphatic carbocycles. The number of carbonyl (C=O) groups is 1. The lowest BCUT2D eigenvalue weighted by atomic mass is 10.1. The van der Waals surface area contributed by atoms with Crippen molar-refractivity contribution in [3.8, 4) is 16.9 Å². The fourth-order valence-corrected chi connectivity index (χ4v) is 3.40. The van der Waals surface area contributed by atoms with E-state index in [4.69, 9.17) is 9.47 Å². The van der Waals surface area contributed by atoms with E-state index in [0.717, 1.165) is 22.3 Å². The number of rotatable bonds is 4. The number of fused-ring (bicyclic) bond motifs is 3. The van der Waals surface area contributed by atoms with E-state index in [0.29, 0.717) is 5.56 Å². The predicted octanol–water partition coefficient (Wildman–Crippen LogP) is 4.69. The number of methoxy groups -OCH3 is 1. The Balaban J connectivity index is 1.57. The molecule has 0 bridgehead atoms. The van der Waals surface area contributed by atoms with Crippen LogP contribution in [-0.2, 0) is 16.0 Å². The fourth-order valence-electron chi connectivity index (χ4n) is 3.40. The van der Waals surface area contributed by atoms with Crippen LogP contribution in [0.15, 0.2) is 66.7 Å². The van der Waals surface area contributed by atoms with Crippen LogP contribution in [0.3, 0.4) is 0 Å². The number of hydrogen-bond acceptors (Lipinski definition) is 3. The van der Waals surface area contributed by atoms with Gasteiger partial charge in [0, 0.05) is 11.1 Å². The fraction of sp³-hybridized carbons (Fsp3) is 0.136. The lowest BCUT2D eigenvalue weighted by Crippen LogP contribution is -2.13. The minimum Gasteiger partial charge on any atom is -0.494 e. The van der Waals surface area contributed by atoms with Crippen LogP contribution in [0.5, 0.6) is 5.75 Å². The molecular formula is C22H17FO3. The predicted molar refractivity (Wildman–Crippen MR) is 96.5 cm³/mol. The Morgan fingerprint density at radius 1 is 0.962 bits per heavy atom. The number of halogens is 1. The molecule has 3 aromatic rings. The van der Waals surface area contributed by atoms with E-state index in [1.165, 1.54) is 19.2 Å². The summed E-state index contributed by atoms with van der Waals surface area (Å²) in [7, 11) is 1.40. The smallest absolute Gasteiger partial charge is 0.311 e. The van der Waals surface area contributed by atoms with Crippen LogP contribution >= 0.6 is 0 Å². The molecule has 130 valence electrons. The van der Waals surface area contributed by atoms with E-state index in [1.54, 1.807) is 6.07 Å². The normalized spacial score (nSPS) is 12.4. The van der Waals surface area contributed by atoms with Crippen molar-refractivity contribution in [2.45, 2.75) is 12.5 Å². The molecule has 0 atom stereocenters. The average molecular weight is 348 g/mol. The molecule has 4 heteroatoms. The molecule has 0 spiro atoms. The third kappa shape index (κ3) is 2.84. The van der Waals surface area contributed by atoms with Crippen LogP contribution in [0.25, 0.3) is 11.1 Å². The lowest BCUT2D eigenvalue weighted by molar-refractivity contribution is -0.146. The molecule has 0 amide bonds. The summed E-state index contributed by atoms with van der Waals surface area (Å²) in [6.45, 7) is 0. The zero-order chi connectivity index (χ0) is 18.1. The third-order valence-corrected chi connectivity index (χ3v) is 4.59. The summed E-state index contributed by atoms with van der Waals surface area (Å²) in [4.78, 5) is 12.5. The molecule has 0 saturated heterocycles. The number of benzene rings is 3. The van der Waals surface area contributed by atoms with E-state index in [1.807, 2.05) is 48.5 Å². The van der Waals surface area contributed by atoms with Gasteiger partial charge in [0.25, 0.3) is 0 Å². The highest BCUT2D eigenvalue weighted by atomic mass is 19.1. The van der Waals surface area contributed by atoms with Crippen molar-refractivity contribution < 1.29 is 18.7 Å². The summed E-state index contributed by atoms with van der Waals surface area (Å²) in [5, 5.41) is 0. The summed E-state index contributed by atoms with van der Waals surface area (Å²) < 4.78 is 24.5. The Morgan fingerprint density at radius 3 is 2.15 bits per heavy atom. The molecule has 26 heavy (non-hydrogen) atoms. The van der Waals surface area contributed by atoms with Gasteiger partial charge in [-0.05, 0) is 28.8 Å². The van der Waals surface area contributed by atoms with Crippen molar-refractivity contribution in [1.82, 2.24) is 0 Å². The molecule has 1 aliphatic rings. The molecule has 0 fully saturated rings. The molecule has 0 N–H and O–H groups in total. The van der Waals surface area contributed by atoms with Gasteiger partial charge in [-0.1, -0.05) is 54.6 Å². The number of esters is 1. The van der Waals surface area contributed by atoms with Gasteiger partial charge >= 0.3 is 5.97 Å². The van der Waals surface area contributed by atoms with Gasteiger partial charge in [-0.25, -0.2) is 4.39 Å². The largest absolute Gasteiger partial charge is 0.494 e. The Morgan fingerprint density at radius 2 is 1.58 bits per heavy atom. The number of hydrogen-bond donors (Lipinski definition) is 0. The molecule has 0 aromatic heterocycles. The van der Waals surface area contributed by atoms with Gasteiger partial charge in [0.15, 0.2) is 17.7 Å². The third-order valence-electron chi connectivity index (χ3n) is 4.59. The van der Waals surface area contributed by atoms with E-state index < -0.39 is 17.9 Å². The molecule has 0 radical (unpaired) electrons. The van der Waals surface area contributed by atoms with Crippen LogP contribution in [0.1, 0.15) is 22.8 Å². The maximum Gasteiger partial charge on any atom is 0.311 e. The minimum absolute atomic E-state index is 0.00173. The van der Waals surface area contributed by atoms with E-state index in [9.17, 15) is 9.18 Å². The topological polar surface area (TPSA) is 35.5 Å². The highest BCUT2D eigenvalue weighted by Gasteiger charge is 2.30. The second-order valence-electron chi connectivity index (χ2n) is 6.19. The second kappa shape index (κ2) is 6.64. The molecule has 3 aromatic carbocycles. The van der Waals surface area contributed by atoms with Gasteiger partial charge in [-0.3, -0.25) is 4.79 Å².